The molecule has 4 heteroatoms. The fourth-order valence-electron chi connectivity index (χ4n) is 2.46. The summed E-state index contributed by atoms with van der Waals surface area (Å²) in [5, 5.41) is 0.112. The lowest BCUT2D eigenvalue weighted by Gasteiger charge is -2.04. The highest BCUT2D eigenvalue weighted by Gasteiger charge is 2.33. The van der Waals surface area contributed by atoms with Crippen molar-refractivity contribution < 1.29 is 9.59 Å². The van der Waals surface area contributed by atoms with Crippen LogP contribution in [0.25, 0.3) is 9.81 Å². The van der Waals surface area contributed by atoms with Gasteiger partial charge in [0.25, 0.3) is 0 Å². The summed E-state index contributed by atoms with van der Waals surface area (Å²) in [6, 6.07) is 15.1. The molecule has 2 aliphatic heterocycles. The zero-order chi connectivity index (χ0) is 13.7. The molecule has 0 saturated carbocycles. The second-order valence-electron chi connectivity index (χ2n) is 4.53. The normalized spacial score (nSPS) is 20.2. The summed E-state index contributed by atoms with van der Waals surface area (Å²) in [4.78, 5) is 25.9. The van der Waals surface area contributed by atoms with Crippen LogP contribution < -0.4 is 0 Å². The molecule has 0 spiro atoms. The average Bonchev–Trinajstić information content (AvgIpc) is 2.99. The molecule has 4 rings (SSSR count). The van der Waals surface area contributed by atoms with E-state index >= 15 is 0 Å². The van der Waals surface area contributed by atoms with Crippen LogP contribution in [0.5, 0.6) is 0 Å². The number of thioether (sulfide) groups is 2. The van der Waals surface area contributed by atoms with Gasteiger partial charge in [-0.2, -0.15) is 0 Å². The van der Waals surface area contributed by atoms with Crippen LogP contribution in [0, 0.1) is 0 Å². The Hall–Kier alpha value is -1.78. The third-order valence-electron chi connectivity index (χ3n) is 3.38. The lowest BCUT2D eigenvalue weighted by Crippen LogP contribution is -1.86. The second kappa shape index (κ2) is 4.36. The van der Waals surface area contributed by atoms with E-state index in [0.717, 1.165) is 32.1 Å². The highest BCUT2D eigenvalue weighted by Crippen LogP contribution is 2.52. The van der Waals surface area contributed by atoms with Gasteiger partial charge in [-0.1, -0.05) is 36.4 Å². The number of fused-ring (bicyclic) bond motifs is 2. The van der Waals surface area contributed by atoms with Crippen molar-refractivity contribution in [3.05, 3.63) is 70.8 Å². The van der Waals surface area contributed by atoms with Crippen LogP contribution in [0.15, 0.2) is 48.5 Å². The van der Waals surface area contributed by atoms with Gasteiger partial charge >= 0.3 is 0 Å². The van der Waals surface area contributed by atoms with Gasteiger partial charge in [-0.3, -0.25) is 9.59 Å². The molecule has 0 radical (unpaired) electrons. The van der Waals surface area contributed by atoms with E-state index in [2.05, 4.69) is 0 Å². The lowest BCUT2D eigenvalue weighted by molar-refractivity contribution is 0.108. The van der Waals surface area contributed by atoms with Crippen LogP contribution >= 0.6 is 23.5 Å². The van der Waals surface area contributed by atoms with Crippen molar-refractivity contribution in [2.45, 2.75) is 0 Å². The third-order valence-corrected chi connectivity index (χ3v) is 5.58. The average molecular weight is 296 g/mol. The molecule has 0 bridgehead atoms. The van der Waals surface area contributed by atoms with Crippen molar-refractivity contribution in [3.63, 3.8) is 0 Å². The molecule has 2 aromatic carbocycles. The minimum absolute atomic E-state index is 0.0560. The first-order chi connectivity index (χ1) is 9.75. The van der Waals surface area contributed by atoms with Gasteiger partial charge in [-0.05, 0) is 35.7 Å². The molecule has 0 fully saturated rings. The van der Waals surface area contributed by atoms with E-state index in [1.54, 1.807) is 0 Å². The largest absolute Gasteiger partial charge is 0.281 e. The molecule has 2 aliphatic rings. The van der Waals surface area contributed by atoms with E-state index < -0.39 is 0 Å². The smallest absolute Gasteiger partial charge is 0.224 e. The third kappa shape index (κ3) is 1.62. The molecule has 0 atom stereocenters. The Balaban J connectivity index is 1.99. The Kier molecular flexibility index (Phi) is 2.62. The lowest BCUT2D eigenvalue weighted by atomic mass is 10.0. The number of hydrogen-bond acceptors (Lipinski definition) is 4. The summed E-state index contributed by atoms with van der Waals surface area (Å²) in [6.45, 7) is 0. The fraction of sp³-hybridized carbons (Fsp3) is 0. The molecule has 2 nitrogen and oxygen atoms in total. The molecule has 2 heterocycles. The SMILES string of the molecule is O=C1SC(=C2SC(=O)c3ccccc32)c2ccccc21. The van der Waals surface area contributed by atoms with Crippen molar-refractivity contribution in [2.75, 3.05) is 0 Å². The molecule has 0 unspecified atom stereocenters. The Bertz CT molecular complexity index is 738. The van der Waals surface area contributed by atoms with Crippen LogP contribution in [-0.2, 0) is 0 Å². The number of carbonyl (C=O) groups is 2. The Labute approximate surface area is 124 Å². The van der Waals surface area contributed by atoms with Gasteiger partial charge < -0.3 is 0 Å². The van der Waals surface area contributed by atoms with Gasteiger partial charge in [0.1, 0.15) is 0 Å². The summed E-state index contributed by atoms with van der Waals surface area (Å²) in [5.41, 5.74) is 3.35. The van der Waals surface area contributed by atoms with Crippen LogP contribution in [0.4, 0.5) is 0 Å². The van der Waals surface area contributed by atoms with Crippen molar-refractivity contribution in [1.29, 1.82) is 0 Å². The Morgan fingerprint density at radius 2 is 0.900 bits per heavy atom. The summed E-state index contributed by atoms with van der Waals surface area (Å²) in [5.74, 6) is 0. The minimum Gasteiger partial charge on any atom is -0.281 e. The Morgan fingerprint density at radius 3 is 1.30 bits per heavy atom. The van der Waals surface area contributed by atoms with E-state index in [0.29, 0.717) is 0 Å². The highest BCUT2D eigenvalue weighted by atomic mass is 32.2. The quantitative estimate of drug-likeness (QED) is 0.726. The summed E-state index contributed by atoms with van der Waals surface area (Å²) < 4.78 is 0. The van der Waals surface area contributed by atoms with Crippen LogP contribution in [0.2, 0.25) is 0 Å². The molecule has 0 saturated heterocycles. The van der Waals surface area contributed by atoms with Crippen molar-refractivity contribution in [2.24, 2.45) is 0 Å². The van der Waals surface area contributed by atoms with Crippen LogP contribution in [-0.4, -0.2) is 10.2 Å². The van der Waals surface area contributed by atoms with Crippen molar-refractivity contribution in [3.8, 4) is 0 Å². The topological polar surface area (TPSA) is 34.1 Å². The predicted molar refractivity (Wildman–Crippen MR) is 83.5 cm³/mol. The maximum Gasteiger partial charge on any atom is 0.224 e. The molecule has 2 aromatic rings. The maximum atomic E-state index is 12.1. The van der Waals surface area contributed by atoms with E-state index in [9.17, 15) is 9.59 Å². The zero-order valence-corrected chi connectivity index (χ0v) is 11.9. The predicted octanol–water partition coefficient (Wildman–Crippen LogP) is 4.29. The van der Waals surface area contributed by atoms with Crippen LogP contribution in [0.3, 0.4) is 0 Å². The maximum absolute atomic E-state index is 12.1. The van der Waals surface area contributed by atoms with Gasteiger partial charge in [0.2, 0.25) is 10.2 Å². The highest BCUT2D eigenvalue weighted by molar-refractivity contribution is 8.27. The Morgan fingerprint density at radius 1 is 0.550 bits per heavy atom. The standard InChI is InChI=1S/C16H8O2S2/c17-15-11-7-3-1-5-9(11)13(19-15)14-10-6-2-4-8-12(10)16(18)20-14/h1-8H. The zero-order valence-electron chi connectivity index (χ0n) is 10.3. The van der Waals surface area contributed by atoms with Crippen molar-refractivity contribution >= 4 is 43.6 Å². The molecular formula is C16H8O2S2. The monoisotopic (exact) mass is 296 g/mol. The van der Waals surface area contributed by atoms with Gasteiger partial charge in [0.15, 0.2) is 0 Å². The van der Waals surface area contributed by atoms with E-state index in [4.69, 9.17) is 0 Å². The number of benzene rings is 2. The fourth-order valence-corrected chi connectivity index (χ4v) is 4.64. The van der Waals surface area contributed by atoms with E-state index in [-0.39, 0.29) is 10.2 Å². The summed E-state index contributed by atoms with van der Waals surface area (Å²) in [7, 11) is 0. The van der Waals surface area contributed by atoms with E-state index in [1.807, 2.05) is 48.5 Å². The molecule has 0 aliphatic carbocycles. The van der Waals surface area contributed by atoms with Crippen LogP contribution in [0.1, 0.15) is 31.8 Å². The number of hydrogen-bond donors (Lipinski definition) is 0. The first kappa shape index (κ1) is 12.0. The summed E-state index contributed by atoms with van der Waals surface area (Å²) >= 11 is 2.45. The molecule has 0 amide bonds. The molecule has 0 aromatic heterocycles. The van der Waals surface area contributed by atoms with Gasteiger partial charge in [-0.15, -0.1) is 0 Å². The van der Waals surface area contributed by atoms with Gasteiger partial charge in [0, 0.05) is 32.1 Å². The number of carbonyl (C=O) groups excluding carboxylic acids is 2. The molecule has 0 N–H and O–H groups in total. The van der Waals surface area contributed by atoms with Gasteiger partial charge in [0.05, 0.1) is 0 Å². The minimum atomic E-state index is 0.0560. The molecule has 96 valence electrons. The first-order valence-corrected chi connectivity index (χ1v) is 7.76. The van der Waals surface area contributed by atoms with E-state index in [1.165, 1.54) is 23.5 Å². The molecule has 20 heavy (non-hydrogen) atoms. The first-order valence-electron chi connectivity index (χ1n) is 6.13. The van der Waals surface area contributed by atoms with Gasteiger partial charge in [-0.25, -0.2) is 0 Å². The molecular weight excluding hydrogens is 288 g/mol. The van der Waals surface area contributed by atoms with Crippen molar-refractivity contribution in [1.82, 2.24) is 0 Å². The number of rotatable bonds is 0. The second-order valence-corrected chi connectivity index (χ2v) is 6.49. The summed E-state index contributed by atoms with van der Waals surface area (Å²) in [6.07, 6.45) is 0.